The molecule has 2 aliphatic rings. The predicted molar refractivity (Wildman–Crippen MR) is 117 cm³/mol. The number of hydrogen-bond donors (Lipinski definition) is 2. The molecule has 174 valence electrons. The first-order chi connectivity index (χ1) is 14.1. The number of ether oxygens (including phenoxy) is 1. The second kappa shape index (κ2) is 11.4. The summed E-state index contributed by atoms with van der Waals surface area (Å²) in [4.78, 5) is 13.8. The summed E-state index contributed by atoms with van der Waals surface area (Å²) >= 11 is 0. The Morgan fingerprint density at radius 3 is 2.47 bits per heavy atom. The lowest BCUT2D eigenvalue weighted by molar-refractivity contribution is -0.00882. The van der Waals surface area contributed by atoms with Gasteiger partial charge < -0.3 is 15.4 Å². The molecule has 2 saturated heterocycles. The molecule has 2 fully saturated rings. The van der Waals surface area contributed by atoms with E-state index < -0.39 is 17.6 Å². The number of hydrogen-bond acceptors (Lipinski definition) is 4. The van der Waals surface area contributed by atoms with E-state index in [9.17, 15) is 4.79 Å². The van der Waals surface area contributed by atoms with Gasteiger partial charge in [0.2, 0.25) is 0 Å². The van der Waals surface area contributed by atoms with Crippen LogP contribution in [0.2, 0.25) is 0 Å². The Morgan fingerprint density at radius 2 is 1.90 bits per heavy atom. The molecule has 0 spiro atoms. The summed E-state index contributed by atoms with van der Waals surface area (Å²) < 4.78 is 35.4. The van der Waals surface area contributed by atoms with Crippen molar-refractivity contribution >= 4 is 6.09 Å². The highest BCUT2D eigenvalue weighted by atomic mass is 19.3. The summed E-state index contributed by atoms with van der Waals surface area (Å²) in [5.41, 5.74) is -0.231. The zero-order valence-corrected chi connectivity index (χ0v) is 19.2. The lowest BCUT2D eigenvalue weighted by atomic mass is 9.97. The van der Waals surface area contributed by atoms with E-state index in [-0.39, 0.29) is 12.6 Å². The number of piperidine rings is 1. The highest BCUT2D eigenvalue weighted by molar-refractivity contribution is 5.68. The van der Waals surface area contributed by atoms with Gasteiger partial charge in [-0.1, -0.05) is 25.8 Å². The number of amides is 1. The van der Waals surface area contributed by atoms with Crippen LogP contribution in [0.3, 0.4) is 0 Å². The first kappa shape index (κ1) is 25.1. The molecule has 0 aromatic heterocycles. The number of unbranched alkanes of at least 4 members (excludes halogenated alkanes) is 2. The molecular formula is C23H41F2N3O2. The third kappa shape index (κ3) is 9.73. The summed E-state index contributed by atoms with van der Waals surface area (Å²) in [6, 6.07) is 0.597. The Hall–Kier alpha value is -1.21. The maximum Gasteiger partial charge on any atom is 0.407 e. The number of likely N-dealkylation sites (tertiary alicyclic amines) is 1. The van der Waals surface area contributed by atoms with Gasteiger partial charge >= 0.3 is 6.09 Å². The molecule has 1 unspecified atom stereocenters. The Kier molecular flexibility index (Phi) is 9.54. The van der Waals surface area contributed by atoms with Crippen LogP contribution < -0.4 is 10.6 Å². The summed E-state index contributed by atoms with van der Waals surface area (Å²) in [7, 11) is 0. The third-order valence-corrected chi connectivity index (χ3v) is 5.62. The number of alkyl carbamates (subject to hydrolysis) is 1. The lowest BCUT2D eigenvalue weighted by Gasteiger charge is -2.35. The Balaban J connectivity index is 1.78. The van der Waals surface area contributed by atoms with E-state index in [2.05, 4.69) is 10.6 Å². The largest absolute Gasteiger partial charge is 0.444 e. The number of alkyl halides is 2. The average molecular weight is 430 g/mol. The van der Waals surface area contributed by atoms with Crippen LogP contribution in [0.1, 0.15) is 79.1 Å². The standard InChI is InChI=1S/C23H41F2N3O2/c1-5-6-9-18(10-7-8-11-20-16-26-20)23(24,25)17-28-14-12-19(13-15-28)27-21(29)30-22(2,3)4/h9,19-20,26H,5-8,10-17H2,1-4H3,(H,27,29)/b18-9+. The third-order valence-electron chi connectivity index (χ3n) is 5.62. The molecule has 2 N–H and O–H groups in total. The molecule has 0 bridgehead atoms. The maximum atomic E-state index is 15.1. The lowest BCUT2D eigenvalue weighted by Crippen LogP contribution is -2.48. The van der Waals surface area contributed by atoms with Crippen LogP contribution in [0.25, 0.3) is 0 Å². The summed E-state index contributed by atoms with van der Waals surface area (Å²) in [5.74, 6) is -2.79. The molecule has 0 saturated carbocycles. The number of rotatable bonds is 11. The van der Waals surface area contributed by atoms with E-state index in [0.29, 0.717) is 50.4 Å². The second-order valence-electron chi connectivity index (χ2n) is 9.77. The van der Waals surface area contributed by atoms with E-state index in [1.165, 1.54) is 0 Å². The Bertz CT molecular complexity index is 563. The van der Waals surface area contributed by atoms with Crippen molar-refractivity contribution in [3.05, 3.63) is 11.6 Å². The predicted octanol–water partition coefficient (Wildman–Crippen LogP) is 4.87. The number of halogens is 2. The zero-order chi connectivity index (χ0) is 22.2. The van der Waals surface area contributed by atoms with Gasteiger partial charge in [0.15, 0.2) is 0 Å². The van der Waals surface area contributed by atoms with Crippen molar-refractivity contribution in [3.8, 4) is 0 Å². The van der Waals surface area contributed by atoms with Crippen LogP contribution in [0.15, 0.2) is 11.6 Å². The zero-order valence-electron chi connectivity index (χ0n) is 19.2. The molecule has 1 atom stereocenters. The van der Waals surface area contributed by atoms with Crippen molar-refractivity contribution in [1.29, 1.82) is 0 Å². The van der Waals surface area contributed by atoms with Crippen LogP contribution in [0, 0.1) is 0 Å². The van der Waals surface area contributed by atoms with E-state index >= 15 is 8.78 Å². The molecule has 30 heavy (non-hydrogen) atoms. The Labute approximate surface area is 181 Å². The molecular weight excluding hydrogens is 388 g/mol. The number of allylic oxidation sites excluding steroid dienone is 1. The average Bonchev–Trinajstić information content (AvgIpc) is 3.45. The quantitative estimate of drug-likeness (QED) is 0.279. The van der Waals surface area contributed by atoms with E-state index in [1.807, 2.05) is 32.6 Å². The minimum absolute atomic E-state index is 0.0177. The van der Waals surface area contributed by atoms with Crippen molar-refractivity contribution in [3.63, 3.8) is 0 Å². The van der Waals surface area contributed by atoms with Crippen molar-refractivity contribution in [2.45, 2.75) is 103 Å². The molecule has 0 aromatic rings. The van der Waals surface area contributed by atoms with Gasteiger partial charge in [0.25, 0.3) is 5.92 Å². The highest BCUT2D eigenvalue weighted by Crippen LogP contribution is 2.31. The van der Waals surface area contributed by atoms with Gasteiger partial charge in [-0.15, -0.1) is 0 Å². The number of nitrogens with zero attached hydrogens (tertiary/aromatic N) is 1. The minimum atomic E-state index is -2.79. The first-order valence-corrected chi connectivity index (χ1v) is 11.6. The number of carbonyl (C=O) groups is 1. The van der Waals surface area contributed by atoms with Gasteiger partial charge in [0.05, 0.1) is 6.54 Å². The maximum absolute atomic E-state index is 15.1. The van der Waals surface area contributed by atoms with Crippen LogP contribution in [0.4, 0.5) is 13.6 Å². The molecule has 0 radical (unpaired) electrons. The van der Waals surface area contributed by atoms with Gasteiger partial charge in [0, 0.05) is 31.7 Å². The van der Waals surface area contributed by atoms with Crippen LogP contribution in [0.5, 0.6) is 0 Å². The van der Waals surface area contributed by atoms with Gasteiger partial charge in [0.1, 0.15) is 5.60 Å². The Morgan fingerprint density at radius 1 is 1.23 bits per heavy atom. The fourth-order valence-electron chi connectivity index (χ4n) is 3.84. The topological polar surface area (TPSA) is 63.5 Å². The SMILES string of the molecule is CCC/C=C(\CCCCC1CN1)C(F)(F)CN1CCC(NC(=O)OC(C)(C)C)CC1. The molecule has 2 rings (SSSR count). The van der Waals surface area contributed by atoms with Crippen molar-refractivity contribution in [1.82, 2.24) is 15.5 Å². The van der Waals surface area contributed by atoms with Crippen molar-refractivity contribution in [2.24, 2.45) is 0 Å². The molecule has 2 aliphatic heterocycles. The van der Waals surface area contributed by atoms with Gasteiger partial charge in [-0.2, -0.15) is 0 Å². The first-order valence-electron chi connectivity index (χ1n) is 11.6. The van der Waals surface area contributed by atoms with E-state index in [1.54, 1.807) is 6.08 Å². The molecule has 2 heterocycles. The smallest absolute Gasteiger partial charge is 0.407 e. The number of carbonyl (C=O) groups excluding carboxylic acids is 1. The minimum Gasteiger partial charge on any atom is -0.444 e. The molecule has 5 nitrogen and oxygen atoms in total. The number of nitrogens with one attached hydrogen (secondary N) is 2. The van der Waals surface area contributed by atoms with Crippen LogP contribution in [-0.4, -0.2) is 60.8 Å². The fourth-order valence-corrected chi connectivity index (χ4v) is 3.84. The second-order valence-corrected chi connectivity index (χ2v) is 9.77. The highest BCUT2D eigenvalue weighted by Gasteiger charge is 2.37. The van der Waals surface area contributed by atoms with Gasteiger partial charge in [-0.25, -0.2) is 13.6 Å². The summed E-state index contributed by atoms with van der Waals surface area (Å²) in [6.45, 7) is 9.46. The summed E-state index contributed by atoms with van der Waals surface area (Å²) in [5, 5.41) is 6.13. The van der Waals surface area contributed by atoms with E-state index in [0.717, 1.165) is 32.2 Å². The van der Waals surface area contributed by atoms with Crippen molar-refractivity contribution in [2.75, 3.05) is 26.2 Å². The van der Waals surface area contributed by atoms with Gasteiger partial charge in [-0.3, -0.25) is 4.90 Å². The molecule has 7 heteroatoms. The molecule has 0 aliphatic carbocycles. The van der Waals surface area contributed by atoms with Gasteiger partial charge in [-0.05, 0) is 64.9 Å². The summed E-state index contributed by atoms with van der Waals surface area (Å²) in [6.07, 6.45) is 7.65. The molecule has 1 amide bonds. The normalized spacial score (nSPS) is 21.5. The van der Waals surface area contributed by atoms with E-state index in [4.69, 9.17) is 4.74 Å². The monoisotopic (exact) mass is 429 g/mol. The van der Waals surface area contributed by atoms with Crippen LogP contribution >= 0.6 is 0 Å². The molecule has 0 aromatic carbocycles. The van der Waals surface area contributed by atoms with Crippen molar-refractivity contribution < 1.29 is 18.3 Å². The van der Waals surface area contributed by atoms with Crippen LogP contribution in [-0.2, 0) is 4.74 Å². The fraction of sp³-hybridized carbons (Fsp3) is 0.870.